The number of ether oxygens (including phenoxy) is 1. The molecule has 2 aromatic rings. The van der Waals surface area contributed by atoms with Crippen LogP contribution in [0.1, 0.15) is 19.4 Å². The largest absolute Gasteiger partial charge is 0.404 e. The number of rotatable bonds is 9. The Morgan fingerprint density at radius 3 is 2.67 bits per heavy atom. The van der Waals surface area contributed by atoms with Gasteiger partial charge in [-0.15, -0.1) is 0 Å². The lowest BCUT2D eigenvalue weighted by Gasteiger charge is -2.13. The first-order chi connectivity index (χ1) is 14.4. The quantitative estimate of drug-likeness (QED) is 0.371. The number of fused-ring (bicyclic) bond motifs is 1. The predicted octanol–water partition coefficient (Wildman–Crippen LogP) is 2.62. The fourth-order valence-corrected chi connectivity index (χ4v) is 2.81. The Kier molecular flexibility index (Phi) is 8.37. The SMILES string of the molecule is CN=CC(=C(N)COC)c1cnc2ccc(NC(=CC(=CN)C(C)C)NC)nc2c1. The van der Waals surface area contributed by atoms with Crippen LogP contribution in [0.4, 0.5) is 5.82 Å². The topological polar surface area (TPSA) is 123 Å². The number of anilines is 1. The maximum atomic E-state index is 6.16. The van der Waals surface area contributed by atoms with Gasteiger partial charge in [-0.1, -0.05) is 13.8 Å². The molecular weight excluding hydrogens is 378 g/mol. The molecule has 0 spiro atoms. The summed E-state index contributed by atoms with van der Waals surface area (Å²) in [4.78, 5) is 13.3. The number of methoxy groups -OCH3 is 1. The van der Waals surface area contributed by atoms with E-state index < -0.39 is 0 Å². The summed E-state index contributed by atoms with van der Waals surface area (Å²) in [5.41, 5.74) is 16.6. The van der Waals surface area contributed by atoms with Gasteiger partial charge in [-0.25, -0.2) is 4.98 Å². The summed E-state index contributed by atoms with van der Waals surface area (Å²) in [5.74, 6) is 1.78. The highest BCUT2D eigenvalue weighted by Crippen LogP contribution is 2.21. The van der Waals surface area contributed by atoms with Crippen LogP contribution in [0.25, 0.3) is 16.6 Å². The third-order valence-electron chi connectivity index (χ3n) is 4.45. The molecule has 160 valence electrons. The lowest BCUT2D eigenvalue weighted by atomic mass is 10.0. The summed E-state index contributed by atoms with van der Waals surface area (Å²) < 4.78 is 5.16. The third kappa shape index (κ3) is 5.81. The zero-order chi connectivity index (χ0) is 22.1. The van der Waals surface area contributed by atoms with Crippen LogP contribution in [0, 0.1) is 5.92 Å². The zero-order valence-corrected chi connectivity index (χ0v) is 18.2. The minimum absolute atomic E-state index is 0.303. The molecule has 0 aliphatic carbocycles. The molecule has 0 amide bonds. The average Bonchev–Trinajstić information content (AvgIpc) is 2.74. The Morgan fingerprint density at radius 1 is 1.30 bits per heavy atom. The van der Waals surface area contributed by atoms with Crippen LogP contribution in [0.2, 0.25) is 0 Å². The molecular formula is C22H31N7O. The molecule has 8 nitrogen and oxygen atoms in total. The number of nitrogens with two attached hydrogens (primary N) is 2. The molecule has 0 aliphatic heterocycles. The number of hydrogen-bond donors (Lipinski definition) is 4. The van der Waals surface area contributed by atoms with Crippen molar-refractivity contribution in [1.82, 2.24) is 15.3 Å². The predicted molar refractivity (Wildman–Crippen MR) is 125 cm³/mol. The van der Waals surface area contributed by atoms with E-state index in [0.29, 0.717) is 24.0 Å². The first-order valence-electron chi connectivity index (χ1n) is 9.68. The number of nitrogens with one attached hydrogen (secondary N) is 2. The van der Waals surface area contributed by atoms with E-state index in [4.69, 9.17) is 21.2 Å². The Morgan fingerprint density at radius 2 is 2.07 bits per heavy atom. The van der Waals surface area contributed by atoms with Crippen molar-refractivity contribution in [3.63, 3.8) is 0 Å². The summed E-state index contributed by atoms with van der Waals surface area (Å²) in [7, 11) is 5.14. The van der Waals surface area contributed by atoms with Crippen LogP contribution in [0.15, 0.2) is 58.8 Å². The minimum atomic E-state index is 0.303. The van der Waals surface area contributed by atoms with Gasteiger partial charge in [0, 0.05) is 50.5 Å². The molecule has 0 radical (unpaired) electrons. The maximum absolute atomic E-state index is 6.16. The number of aromatic nitrogens is 2. The second-order valence-corrected chi connectivity index (χ2v) is 6.97. The molecule has 0 unspecified atom stereocenters. The summed E-state index contributed by atoms with van der Waals surface area (Å²) in [6.45, 7) is 4.48. The van der Waals surface area contributed by atoms with Crippen LogP contribution in [0.3, 0.4) is 0 Å². The van der Waals surface area contributed by atoms with E-state index in [1.807, 2.05) is 31.3 Å². The Labute approximate surface area is 177 Å². The second-order valence-electron chi connectivity index (χ2n) is 6.97. The van der Waals surface area contributed by atoms with Gasteiger partial charge in [-0.05, 0) is 42.0 Å². The van der Waals surface area contributed by atoms with Crippen molar-refractivity contribution in [3.8, 4) is 0 Å². The fraction of sp³-hybridized carbons (Fsp3) is 0.318. The molecule has 0 fully saturated rings. The summed E-state index contributed by atoms with van der Waals surface area (Å²) in [6.07, 6.45) is 7.04. The molecule has 0 aliphatic rings. The molecule has 2 heterocycles. The lowest BCUT2D eigenvalue weighted by molar-refractivity contribution is 0.225. The van der Waals surface area contributed by atoms with E-state index in [1.54, 1.807) is 32.8 Å². The molecule has 0 saturated heterocycles. The van der Waals surface area contributed by atoms with Gasteiger partial charge in [0.25, 0.3) is 0 Å². The number of allylic oxidation sites excluding steroid dienone is 3. The van der Waals surface area contributed by atoms with E-state index in [1.165, 1.54) is 0 Å². The zero-order valence-electron chi connectivity index (χ0n) is 18.2. The van der Waals surface area contributed by atoms with E-state index in [-0.39, 0.29) is 0 Å². The maximum Gasteiger partial charge on any atom is 0.132 e. The van der Waals surface area contributed by atoms with Crippen molar-refractivity contribution < 1.29 is 4.74 Å². The number of pyridine rings is 2. The van der Waals surface area contributed by atoms with E-state index in [0.717, 1.165) is 33.6 Å². The van der Waals surface area contributed by atoms with Gasteiger partial charge in [-0.3, -0.25) is 9.98 Å². The molecule has 0 aromatic carbocycles. The van der Waals surface area contributed by atoms with Gasteiger partial charge in [-0.2, -0.15) is 0 Å². The van der Waals surface area contributed by atoms with Crippen molar-refractivity contribution in [2.24, 2.45) is 22.4 Å². The molecule has 2 rings (SSSR count). The standard InChI is InChI=1S/C22H31N7O/c1-14(2)15(10-23)9-22(26-4)29-21-7-6-19-20(28-21)8-16(11-27-19)17(12-25-3)18(24)13-30-5/h6-12,14,26H,13,23-24H2,1-5H3,(H,28,29). The molecule has 0 bridgehead atoms. The molecule has 8 heteroatoms. The van der Waals surface area contributed by atoms with Crippen molar-refractivity contribution >= 4 is 28.6 Å². The Balaban J connectivity index is 2.44. The average molecular weight is 410 g/mol. The van der Waals surface area contributed by atoms with E-state index >= 15 is 0 Å². The smallest absolute Gasteiger partial charge is 0.132 e. The van der Waals surface area contributed by atoms with Gasteiger partial charge in [0.1, 0.15) is 11.6 Å². The number of hydrogen-bond acceptors (Lipinski definition) is 8. The van der Waals surface area contributed by atoms with Gasteiger partial charge in [0.2, 0.25) is 0 Å². The molecule has 0 saturated carbocycles. The van der Waals surface area contributed by atoms with Crippen molar-refractivity contribution in [2.45, 2.75) is 13.8 Å². The Bertz CT molecular complexity index is 990. The van der Waals surface area contributed by atoms with E-state index in [9.17, 15) is 0 Å². The van der Waals surface area contributed by atoms with Gasteiger partial charge in [0.15, 0.2) is 0 Å². The normalized spacial score (nSPS) is 13.8. The van der Waals surface area contributed by atoms with Gasteiger partial charge in [0.05, 0.1) is 17.6 Å². The molecule has 0 atom stereocenters. The highest BCUT2D eigenvalue weighted by atomic mass is 16.5. The highest BCUT2D eigenvalue weighted by molar-refractivity contribution is 6.11. The van der Waals surface area contributed by atoms with Crippen molar-refractivity contribution in [2.75, 3.05) is 33.1 Å². The van der Waals surface area contributed by atoms with E-state index in [2.05, 4.69) is 34.5 Å². The van der Waals surface area contributed by atoms with Crippen LogP contribution < -0.4 is 22.1 Å². The monoisotopic (exact) mass is 409 g/mol. The first-order valence-corrected chi connectivity index (χ1v) is 9.68. The molecule has 30 heavy (non-hydrogen) atoms. The number of aliphatic imine (C=N–C) groups is 1. The minimum Gasteiger partial charge on any atom is -0.404 e. The van der Waals surface area contributed by atoms with Gasteiger partial charge < -0.3 is 26.8 Å². The van der Waals surface area contributed by atoms with Crippen LogP contribution in [-0.2, 0) is 4.74 Å². The summed E-state index contributed by atoms with van der Waals surface area (Å²) in [6, 6.07) is 5.74. The highest BCUT2D eigenvalue weighted by Gasteiger charge is 2.09. The lowest BCUT2D eigenvalue weighted by Crippen LogP contribution is -2.16. The van der Waals surface area contributed by atoms with Gasteiger partial charge >= 0.3 is 0 Å². The van der Waals surface area contributed by atoms with Crippen molar-refractivity contribution in [3.05, 3.63) is 59.3 Å². The number of nitrogens with zero attached hydrogens (tertiary/aromatic N) is 3. The second kappa shape index (κ2) is 11.0. The van der Waals surface area contributed by atoms with Crippen LogP contribution in [0.5, 0.6) is 0 Å². The van der Waals surface area contributed by atoms with Crippen LogP contribution >= 0.6 is 0 Å². The first kappa shape index (κ1) is 22.9. The summed E-state index contributed by atoms with van der Waals surface area (Å²) >= 11 is 0. The Hall–Kier alpha value is -3.39. The third-order valence-corrected chi connectivity index (χ3v) is 4.45. The fourth-order valence-electron chi connectivity index (χ4n) is 2.81. The summed E-state index contributed by atoms with van der Waals surface area (Å²) in [5, 5.41) is 6.43. The van der Waals surface area contributed by atoms with Crippen LogP contribution in [-0.4, -0.2) is 44.0 Å². The molecule has 2 aromatic heterocycles. The van der Waals surface area contributed by atoms with Crippen molar-refractivity contribution in [1.29, 1.82) is 0 Å². The molecule has 6 N–H and O–H groups in total.